The van der Waals surface area contributed by atoms with Gasteiger partial charge in [-0.1, -0.05) is 6.07 Å². The average molecular weight is 333 g/mol. The molecule has 0 aromatic heterocycles. The van der Waals surface area contributed by atoms with Crippen LogP contribution in [0.1, 0.15) is 11.1 Å². The zero-order chi connectivity index (χ0) is 17.5. The van der Waals surface area contributed by atoms with E-state index in [4.69, 9.17) is 14.2 Å². The van der Waals surface area contributed by atoms with Crippen molar-refractivity contribution in [3.63, 3.8) is 0 Å². The Morgan fingerprint density at radius 1 is 1.17 bits per heavy atom. The fraction of sp³-hybridized carbons (Fsp3) is 0.278. The minimum absolute atomic E-state index is 0.194. The molecule has 0 fully saturated rings. The molecule has 24 heavy (non-hydrogen) atoms. The number of carbonyl (C=O) groups is 1. The van der Waals surface area contributed by atoms with Gasteiger partial charge in [0.2, 0.25) is 0 Å². The van der Waals surface area contributed by atoms with Gasteiger partial charge in [0.25, 0.3) is 5.91 Å². The van der Waals surface area contributed by atoms with E-state index in [9.17, 15) is 9.18 Å². The molecule has 2 aromatic rings. The number of ether oxygens (including phenoxy) is 3. The fourth-order valence-electron chi connectivity index (χ4n) is 2.32. The molecule has 6 heteroatoms. The zero-order valence-corrected chi connectivity index (χ0v) is 13.9. The van der Waals surface area contributed by atoms with Crippen LogP contribution in [0.25, 0.3) is 0 Å². The van der Waals surface area contributed by atoms with Gasteiger partial charge in [-0.3, -0.25) is 4.79 Å². The van der Waals surface area contributed by atoms with Crippen molar-refractivity contribution in [2.24, 2.45) is 0 Å². The predicted molar refractivity (Wildman–Crippen MR) is 88.0 cm³/mol. The lowest BCUT2D eigenvalue weighted by Gasteiger charge is -2.15. The maximum Gasteiger partial charge on any atom is 0.258 e. The molecule has 0 atom stereocenters. The molecular weight excluding hydrogens is 313 g/mol. The van der Waals surface area contributed by atoms with E-state index in [2.05, 4.69) is 5.32 Å². The molecule has 0 aliphatic carbocycles. The number of hydrogen-bond acceptors (Lipinski definition) is 4. The molecule has 0 saturated carbocycles. The summed E-state index contributed by atoms with van der Waals surface area (Å²) in [7, 11) is 3.16. The summed E-state index contributed by atoms with van der Waals surface area (Å²) in [6.45, 7) is 1.98. The van der Waals surface area contributed by atoms with Crippen molar-refractivity contribution in [3.8, 4) is 17.2 Å². The second-order valence-corrected chi connectivity index (χ2v) is 5.11. The van der Waals surface area contributed by atoms with Crippen LogP contribution in [0, 0.1) is 12.7 Å². The van der Waals surface area contributed by atoms with Crippen LogP contribution in [0.15, 0.2) is 36.4 Å². The summed E-state index contributed by atoms with van der Waals surface area (Å²) in [6, 6.07) is 9.30. The number of amides is 1. The van der Waals surface area contributed by atoms with Crippen LogP contribution >= 0.6 is 0 Å². The van der Waals surface area contributed by atoms with E-state index in [1.165, 1.54) is 18.2 Å². The lowest BCUT2D eigenvalue weighted by Crippen LogP contribution is -2.28. The Morgan fingerprint density at radius 3 is 2.62 bits per heavy atom. The van der Waals surface area contributed by atoms with Crippen LogP contribution in [0.2, 0.25) is 0 Å². The third-order valence-electron chi connectivity index (χ3n) is 3.50. The van der Waals surface area contributed by atoms with Crippen LogP contribution in [0.4, 0.5) is 4.39 Å². The third kappa shape index (κ3) is 4.38. The smallest absolute Gasteiger partial charge is 0.258 e. The number of methoxy groups -OCH3 is 2. The molecule has 2 rings (SSSR count). The molecule has 0 saturated heterocycles. The van der Waals surface area contributed by atoms with Gasteiger partial charge in [0, 0.05) is 23.7 Å². The lowest BCUT2D eigenvalue weighted by atomic mass is 10.1. The molecule has 128 valence electrons. The molecule has 0 spiro atoms. The molecule has 1 N–H and O–H groups in total. The summed E-state index contributed by atoms with van der Waals surface area (Å²) in [5.74, 6) is 0.973. The Kier molecular flexibility index (Phi) is 6.01. The van der Waals surface area contributed by atoms with Crippen molar-refractivity contribution in [1.82, 2.24) is 5.32 Å². The van der Waals surface area contributed by atoms with E-state index in [-0.39, 0.29) is 12.5 Å². The minimum Gasteiger partial charge on any atom is -0.496 e. The number of benzene rings is 2. The Bertz CT molecular complexity index is 718. The first-order valence-corrected chi connectivity index (χ1v) is 7.40. The maximum absolute atomic E-state index is 13.0. The largest absolute Gasteiger partial charge is 0.496 e. The van der Waals surface area contributed by atoms with Crippen LogP contribution < -0.4 is 19.5 Å². The number of carbonyl (C=O) groups excluding carboxylic acids is 1. The fourth-order valence-corrected chi connectivity index (χ4v) is 2.32. The molecule has 0 heterocycles. The molecule has 0 unspecified atom stereocenters. The van der Waals surface area contributed by atoms with Crippen LogP contribution in [0.5, 0.6) is 17.2 Å². The second kappa shape index (κ2) is 8.19. The quantitative estimate of drug-likeness (QED) is 0.846. The first-order valence-electron chi connectivity index (χ1n) is 7.40. The summed E-state index contributed by atoms with van der Waals surface area (Å²) in [4.78, 5) is 11.9. The van der Waals surface area contributed by atoms with Crippen molar-refractivity contribution in [2.45, 2.75) is 13.5 Å². The monoisotopic (exact) mass is 333 g/mol. The van der Waals surface area contributed by atoms with Crippen LogP contribution in [-0.4, -0.2) is 26.7 Å². The summed E-state index contributed by atoms with van der Waals surface area (Å²) < 4.78 is 28.9. The average Bonchev–Trinajstić information content (AvgIpc) is 2.58. The first kappa shape index (κ1) is 17.6. The van der Waals surface area contributed by atoms with Crippen molar-refractivity contribution < 1.29 is 23.4 Å². The van der Waals surface area contributed by atoms with E-state index in [1.54, 1.807) is 20.3 Å². The standard InChI is InChI=1S/C18H20FNO4/c1-12-16(22-2)8-7-13(18(12)23-3)10-20-17(21)11-24-15-6-4-5-14(19)9-15/h4-9H,10-11H2,1-3H3,(H,20,21). The number of rotatable bonds is 7. The highest BCUT2D eigenvalue weighted by molar-refractivity contribution is 5.77. The van der Waals surface area contributed by atoms with Gasteiger partial charge in [-0.05, 0) is 31.2 Å². The van der Waals surface area contributed by atoms with E-state index >= 15 is 0 Å². The Morgan fingerprint density at radius 2 is 1.96 bits per heavy atom. The highest BCUT2D eigenvalue weighted by atomic mass is 19.1. The molecule has 0 radical (unpaired) electrons. The van der Waals surface area contributed by atoms with E-state index < -0.39 is 5.82 Å². The lowest BCUT2D eigenvalue weighted by molar-refractivity contribution is -0.123. The van der Waals surface area contributed by atoms with Crippen molar-refractivity contribution in [3.05, 3.63) is 53.3 Å². The predicted octanol–water partition coefficient (Wildman–Crippen LogP) is 2.85. The normalized spacial score (nSPS) is 10.2. The van der Waals surface area contributed by atoms with Gasteiger partial charge < -0.3 is 19.5 Å². The van der Waals surface area contributed by atoms with E-state index in [1.807, 2.05) is 19.1 Å². The van der Waals surface area contributed by atoms with Gasteiger partial charge in [0.1, 0.15) is 23.1 Å². The van der Waals surface area contributed by atoms with Gasteiger partial charge >= 0.3 is 0 Å². The molecule has 1 amide bonds. The third-order valence-corrected chi connectivity index (χ3v) is 3.50. The SMILES string of the molecule is COc1ccc(CNC(=O)COc2cccc(F)c2)c(OC)c1C. The number of hydrogen-bond donors (Lipinski definition) is 1. The molecule has 2 aromatic carbocycles. The topological polar surface area (TPSA) is 56.8 Å². The summed E-state index contributed by atoms with van der Waals surface area (Å²) in [6.07, 6.45) is 0. The van der Waals surface area contributed by atoms with E-state index in [0.29, 0.717) is 18.0 Å². The highest BCUT2D eigenvalue weighted by Crippen LogP contribution is 2.31. The Labute approximate surface area is 140 Å². The van der Waals surface area contributed by atoms with Crippen LogP contribution in [0.3, 0.4) is 0 Å². The van der Waals surface area contributed by atoms with Gasteiger partial charge in [0.05, 0.1) is 14.2 Å². The van der Waals surface area contributed by atoms with Crippen LogP contribution in [-0.2, 0) is 11.3 Å². The maximum atomic E-state index is 13.0. The molecule has 0 bridgehead atoms. The van der Waals surface area contributed by atoms with E-state index in [0.717, 1.165) is 16.9 Å². The molecular formula is C18H20FNO4. The Hall–Kier alpha value is -2.76. The Balaban J connectivity index is 1.93. The van der Waals surface area contributed by atoms with Crippen molar-refractivity contribution in [2.75, 3.05) is 20.8 Å². The minimum atomic E-state index is -0.411. The van der Waals surface area contributed by atoms with Gasteiger partial charge in [-0.2, -0.15) is 0 Å². The zero-order valence-electron chi connectivity index (χ0n) is 13.9. The first-order chi connectivity index (χ1) is 11.5. The highest BCUT2D eigenvalue weighted by Gasteiger charge is 2.12. The summed E-state index contributed by atoms with van der Waals surface area (Å²) in [5.41, 5.74) is 1.69. The second-order valence-electron chi connectivity index (χ2n) is 5.11. The van der Waals surface area contributed by atoms with Crippen molar-refractivity contribution in [1.29, 1.82) is 0 Å². The molecule has 5 nitrogen and oxygen atoms in total. The molecule has 0 aliphatic heterocycles. The van der Waals surface area contributed by atoms with Crippen molar-refractivity contribution >= 4 is 5.91 Å². The number of nitrogens with one attached hydrogen (secondary N) is 1. The summed E-state index contributed by atoms with van der Waals surface area (Å²) in [5, 5.41) is 2.74. The van der Waals surface area contributed by atoms with Gasteiger partial charge in [-0.25, -0.2) is 4.39 Å². The number of halogens is 1. The van der Waals surface area contributed by atoms with Gasteiger partial charge in [-0.15, -0.1) is 0 Å². The summed E-state index contributed by atoms with van der Waals surface area (Å²) >= 11 is 0. The van der Waals surface area contributed by atoms with Gasteiger partial charge in [0.15, 0.2) is 6.61 Å². The molecule has 0 aliphatic rings.